The Labute approximate surface area is 170 Å². The number of hydrogen-bond donors (Lipinski definition) is 0. The zero-order chi connectivity index (χ0) is 21.3. The van der Waals surface area contributed by atoms with Gasteiger partial charge in [-0.15, -0.1) is 0 Å². The van der Waals surface area contributed by atoms with Gasteiger partial charge in [-0.1, -0.05) is 28.6 Å². The third-order valence-corrected chi connectivity index (χ3v) is 3.66. The van der Waals surface area contributed by atoms with Gasteiger partial charge in [0.25, 0.3) is 0 Å². The van der Waals surface area contributed by atoms with E-state index in [1.54, 1.807) is 0 Å². The molecule has 1 rings (SSSR count). The van der Waals surface area contributed by atoms with Crippen molar-refractivity contribution in [2.45, 2.75) is 51.5 Å². The van der Waals surface area contributed by atoms with Crippen LogP contribution in [0.2, 0.25) is 0 Å². The van der Waals surface area contributed by atoms with Gasteiger partial charge in [-0.3, -0.25) is 14.4 Å². The molecule has 0 amide bonds. The number of carbonyl (C=O) groups is 4. The predicted molar refractivity (Wildman–Crippen MR) is 96.2 cm³/mol. The van der Waals surface area contributed by atoms with Crippen molar-refractivity contribution in [3.05, 3.63) is 12.7 Å². The van der Waals surface area contributed by atoms with Crippen LogP contribution in [0.1, 0.15) is 20.8 Å². The van der Waals surface area contributed by atoms with Gasteiger partial charge in [0.15, 0.2) is 30.7 Å². The Bertz CT molecular complexity index is 592. The van der Waals surface area contributed by atoms with Crippen molar-refractivity contribution in [2.24, 2.45) is 0 Å². The number of halogens is 1. The van der Waals surface area contributed by atoms with Gasteiger partial charge in [-0.2, -0.15) is 0 Å². The van der Waals surface area contributed by atoms with E-state index in [9.17, 15) is 19.2 Å². The highest BCUT2D eigenvalue weighted by atomic mass is 79.9. The first-order chi connectivity index (χ1) is 13.2. The first-order valence-corrected chi connectivity index (χ1v) is 9.45. The molecule has 11 heteroatoms. The topological polar surface area (TPSA) is 124 Å². The molecule has 1 unspecified atom stereocenters. The molecule has 1 aliphatic heterocycles. The third kappa shape index (κ3) is 7.21. The highest BCUT2D eigenvalue weighted by molar-refractivity contribution is 9.09. The number of hydrogen-bond acceptors (Lipinski definition) is 10. The normalized spacial score (nSPS) is 26.6. The smallest absolute Gasteiger partial charge is 0.339 e. The second kappa shape index (κ2) is 11.8. The van der Waals surface area contributed by atoms with Gasteiger partial charge in [0.1, 0.15) is 6.61 Å². The van der Waals surface area contributed by atoms with E-state index in [1.165, 1.54) is 6.08 Å². The molecule has 1 saturated heterocycles. The molecule has 1 heterocycles. The van der Waals surface area contributed by atoms with E-state index in [1.807, 2.05) is 0 Å². The summed E-state index contributed by atoms with van der Waals surface area (Å²) >= 11 is 3.18. The van der Waals surface area contributed by atoms with E-state index in [4.69, 9.17) is 28.4 Å². The lowest BCUT2D eigenvalue weighted by Gasteiger charge is -2.43. The summed E-state index contributed by atoms with van der Waals surface area (Å²) in [7, 11) is 0. The Morgan fingerprint density at radius 3 is 2.00 bits per heavy atom. The summed E-state index contributed by atoms with van der Waals surface area (Å²) in [6.07, 6.45) is -5.49. The molecule has 0 saturated carbocycles. The first-order valence-electron chi connectivity index (χ1n) is 8.33. The van der Waals surface area contributed by atoms with E-state index in [0.29, 0.717) is 5.33 Å². The van der Waals surface area contributed by atoms with E-state index in [0.717, 1.165) is 20.8 Å². The minimum atomic E-state index is -1.49. The maximum atomic E-state index is 12.4. The van der Waals surface area contributed by atoms with Crippen molar-refractivity contribution in [3.63, 3.8) is 0 Å². The molecule has 0 spiro atoms. The van der Waals surface area contributed by atoms with Gasteiger partial charge in [-0.05, 0) is 0 Å². The zero-order valence-corrected chi connectivity index (χ0v) is 17.3. The van der Waals surface area contributed by atoms with Crippen LogP contribution in [0.25, 0.3) is 0 Å². The van der Waals surface area contributed by atoms with Crippen LogP contribution < -0.4 is 0 Å². The fourth-order valence-corrected chi connectivity index (χ4v) is 2.67. The van der Waals surface area contributed by atoms with Crippen molar-refractivity contribution in [2.75, 3.05) is 18.5 Å². The van der Waals surface area contributed by atoms with Crippen LogP contribution >= 0.6 is 15.9 Å². The van der Waals surface area contributed by atoms with Crippen LogP contribution in [0.5, 0.6) is 0 Å². The minimum absolute atomic E-state index is 0.121. The summed E-state index contributed by atoms with van der Waals surface area (Å²) in [5.74, 6) is -3.13. The molecular weight excluding hydrogens is 444 g/mol. The fourth-order valence-electron chi connectivity index (χ4n) is 2.48. The molecule has 28 heavy (non-hydrogen) atoms. The van der Waals surface area contributed by atoms with Crippen LogP contribution in [-0.4, -0.2) is 73.1 Å². The van der Waals surface area contributed by atoms with Gasteiger partial charge in [0.05, 0.1) is 6.61 Å². The molecule has 0 radical (unpaired) electrons. The number of rotatable bonds is 9. The lowest BCUT2D eigenvalue weighted by atomic mass is 9.97. The van der Waals surface area contributed by atoms with Crippen molar-refractivity contribution < 1.29 is 47.6 Å². The predicted octanol–water partition coefficient (Wildman–Crippen LogP) is 0.647. The minimum Gasteiger partial charge on any atom is -0.459 e. The van der Waals surface area contributed by atoms with Gasteiger partial charge in [0.2, 0.25) is 0 Å². The summed E-state index contributed by atoms with van der Waals surface area (Å²) in [5, 5.41) is 0.414. The molecule has 1 aliphatic rings. The van der Waals surface area contributed by atoms with Crippen molar-refractivity contribution in [1.29, 1.82) is 0 Å². The van der Waals surface area contributed by atoms with E-state index >= 15 is 0 Å². The molecule has 5 atom stereocenters. The second-order valence-corrected chi connectivity index (χ2v) is 6.42. The van der Waals surface area contributed by atoms with Crippen LogP contribution in [0.15, 0.2) is 12.7 Å². The monoisotopic (exact) mass is 466 g/mol. The zero-order valence-electron chi connectivity index (χ0n) is 15.8. The number of alkyl halides is 1. The molecule has 0 aromatic heterocycles. The van der Waals surface area contributed by atoms with Crippen LogP contribution in [0.3, 0.4) is 0 Å². The summed E-state index contributed by atoms with van der Waals surface area (Å²) < 4.78 is 31.6. The van der Waals surface area contributed by atoms with Gasteiger partial charge in [-0.25, -0.2) is 4.79 Å². The Kier molecular flexibility index (Phi) is 10.1. The fraction of sp³-hybridized carbons (Fsp3) is 0.647. The summed E-state index contributed by atoms with van der Waals surface area (Å²) in [4.78, 5) is 47.2. The molecule has 0 bridgehead atoms. The summed E-state index contributed by atoms with van der Waals surface area (Å²) in [5.41, 5.74) is 0. The molecular formula is C17H23BrO10. The molecule has 158 valence electrons. The Balaban J connectivity index is 3.31. The third-order valence-electron chi connectivity index (χ3n) is 3.34. The average molecular weight is 467 g/mol. The molecule has 0 N–H and O–H groups in total. The average Bonchev–Trinajstić information content (AvgIpc) is 2.60. The quantitative estimate of drug-likeness (QED) is 0.207. The largest absolute Gasteiger partial charge is 0.459 e. The lowest BCUT2D eigenvalue weighted by Crippen LogP contribution is -2.64. The summed E-state index contributed by atoms with van der Waals surface area (Å²) in [6, 6.07) is 0. The van der Waals surface area contributed by atoms with E-state index in [-0.39, 0.29) is 13.2 Å². The standard InChI is InChI=1S/C17H23BrO10/c1-5-7-23-16(22)14-12(25-9(2)19)13(26-10(3)20)15(27-11(4)21)17(28-14)24-8-6-18/h5,12-15,17H,1,6-8H2,2-4H3/t12-,13-,14-,15+,17?/m0/s1. The number of esters is 4. The number of ether oxygens (including phenoxy) is 6. The molecule has 0 aromatic rings. The van der Waals surface area contributed by atoms with Crippen molar-refractivity contribution in [3.8, 4) is 0 Å². The molecule has 10 nitrogen and oxygen atoms in total. The first kappa shape index (κ1) is 24.1. The molecule has 1 fully saturated rings. The lowest BCUT2D eigenvalue weighted by molar-refractivity contribution is -0.300. The van der Waals surface area contributed by atoms with Crippen molar-refractivity contribution in [1.82, 2.24) is 0 Å². The van der Waals surface area contributed by atoms with Crippen LogP contribution in [0.4, 0.5) is 0 Å². The Morgan fingerprint density at radius 1 is 0.964 bits per heavy atom. The van der Waals surface area contributed by atoms with E-state index in [2.05, 4.69) is 22.5 Å². The summed E-state index contributed by atoms with van der Waals surface area (Å²) in [6.45, 7) is 6.80. The highest BCUT2D eigenvalue weighted by Crippen LogP contribution is 2.30. The van der Waals surface area contributed by atoms with Crippen LogP contribution in [0, 0.1) is 0 Å². The van der Waals surface area contributed by atoms with Gasteiger partial charge < -0.3 is 28.4 Å². The van der Waals surface area contributed by atoms with E-state index < -0.39 is 54.6 Å². The SMILES string of the molecule is C=CCOC(=O)[C@H]1OC(OCCBr)[C@H](OC(C)=O)[C@@H](OC(C)=O)[C@@H]1OC(C)=O. The molecule has 0 aliphatic carbocycles. The highest BCUT2D eigenvalue weighted by Gasteiger charge is 2.55. The van der Waals surface area contributed by atoms with Gasteiger partial charge >= 0.3 is 23.9 Å². The Hall–Kier alpha value is -1.98. The Morgan fingerprint density at radius 2 is 1.50 bits per heavy atom. The second-order valence-electron chi connectivity index (χ2n) is 5.63. The maximum Gasteiger partial charge on any atom is 0.339 e. The maximum absolute atomic E-state index is 12.4. The van der Waals surface area contributed by atoms with Crippen LogP contribution in [-0.2, 0) is 47.6 Å². The number of carbonyl (C=O) groups excluding carboxylic acids is 4. The van der Waals surface area contributed by atoms with Gasteiger partial charge in [0, 0.05) is 26.1 Å². The molecule has 0 aromatic carbocycles. The van der Waals surface area contributed by atoms with Crippen molar-refractivity contribution >= 4 is 39.8 Å².